The van der Waals surface area contributed by atoms with Crippen LogP contribution in [0.5, 0.6) is 0 Å². The van der Waals surface area contributed by atoms with Crippen LogP contribution in [0.4, 0.5) is 0 Å². The Hall–Kier alpha value is -1.92. The van der Waals surface area contributed by atoms with Gasteiger partial charge in [-0.1, -0.05) is 12.1 Å². The number of benzene rings is 1. The van der Waals surface area contributed by atoms with E-state index in [1.165, 1.54) is 0 Å². The highest BCUT2D eigenvalue weighted by Gasteiger charge is 2.28. The van der Waals surface area contributed by atoms with Gasteiger partial charge in [0.2, 0.25) is 0 Å². The van der Waals surface area contributed by atoms with Gasteiger partial charge in [0.1, 0.15) is 6.10 Å². The molecule has 1 aromatic carbocycles. The highest BCUT2D eigenvalue weighted by atomic mass is 16.5. The summed E-state index contributed by atoms with van der Waals surface area (Å²) in [6.45, 7) is 2.20. The van der Waals surface area contributed by atoms with E-state index in [0.29, 0.717) is 23.2 Å². The van der Waals surface area contributed by atoms with Crippen molar-refractivity contribution in [2.75, 3.05) is 6.61 Å². The van der Waals surface area contributed by atoms with Crippen LogP contribution in [0.25, 0.3) is 0 Å². The highest BCUT2D eigenvalue weighted by Crippen LogP contribution is 2.28. The molecule has 20 heavy (non-hydrogen) atoms. The summed E-state index contributed by atoms with van der Waals surface area (Å²) in [4.78, 5) is 22.9. The lowest BCUT2D eigenvalue weighted by molar-refractivity contribution is -0.147. The lowest BCUT2D eigenvalue weighted by Gasteiger charge is -2.19. The van der Waals surface area contributed by atoms with Gasteiger partial charge in [-0.2, -0.15) is 0 Å². The Morgan fingerprint density at radius 3 is 2.90 bits per heavy atom. The van der Waals surface area contributed by atoms with Gasteiger partial charge in [0, 0.05) is 12.1 Å². The number of hydrogen-bond acceptors (Lipinski definition) is 5. The lowest BCUT2D eigenvalue weighted by atomic mass is 9.95. The molecule has 1 aliphatic rings. The number of carbonyl (C=O) groups is 2. The molecule has 2 rings (SSSR count). The number of fused-ring (bicyclic) bond motifs is 1. The molecule has 0 spiro atoms. The number of ether oxygens (including phenoxy) is 1. The van der Waals surface area contributed by atoms with Crippen molar-refractivity contribution in [1.82, 2.24) is 5.32 Å². The van der Waals surface area contributed by atoms with Crippen molar-refractivity contribution in [1.29, 1.82) is 0 Å². The molecule has 2 atom stereocenters. The zero-order chi connectivity index (χ0) is 14.7. The fourth-order valence-corrected chi connectivity index (χ4v) is 2.27. The number of amides is 1. The molecule has 0 fully saturated rings. The van der Waals surface area contributed by atoms with Crippen molar-refractivity contribution in [2.45, 2.75) is 32.1 Å². The number of esters is 1. The van der Waals surface area contributed by atoms with Crippen LogP contribution in [-0.2, 0) is 16.1 Å². The first kappa shape index (κ1) is 14.5. The van der Waals surface area contributed by atoms with E-state index in [9.17, 15) is 19.8 Å². The van der Waals surface area contributed by atoms with Gasteiger partial charge in [-0.05, 0) is 24.1 Å². The second-order valence-corrected chi connectivity index (χ2v) is 4.58. The smallest absolute Gasteiger partial charge is 0.308 e. The standard InChI is InChI=1S/C14H17NO5/c1-2-20-12(17)6-11(16)13(18)8-4-3-5-9-10(8)7-15-14(9)19/h3-5,11,13,16,18H,2,6-7H2,1H3,(H,15,19). The van der Waals surface area contributed by atoms with Crippen molar-refractivity contribution < 1.29 is 24.5 Å². The Labute approximate surface area is 116 Å². The minimum absolute atomic E-state index is 0.200. The van der Waals surface area contributed by atoms with Crippen LogP contribution in [0.3, 0.4) is 0 Å². The van der Waals surface area contributed by atoms with Crippen molar-refractivity contribution in [2.24, 2.45) is 0 Å². The predicted molar refractivity (Wildman–Crippen MR) is 69.8 cm³/mol. The van der Waals surface area contributed by atoms with Gasteiger partial charge in [-0.3, -0.25) is 9.59 Å². The highest BCUT2D eigenvalue weighted by molar-refractivity contribution is 5.98. The van der Waals surface area contributed by atoms with Crippen LogP contribution >= 0.6 is 0 Å². The molecule has 0 bridgehead atoms. The van der Waals surface area contributed by atoms with E-state index in [-0.39, 0.29) is 18.9 Å². The first-order chi connectivity index (χ1) is 9.54. The molecule has 0 aromatic heterocycles. The molecule has 0 saturated heterocycles. The maximum absolute atomic E-state index is 11.5. The first-order valence-corrected chi connectivity index (χ1v) is 6.46. The Balaban J connectivity index is 2.16. The van der Waals surface area contributed by atoms with Gasteiger partial charge in [-0.15, -0.1) is 0 Å². The van der Waals surface area contributed by atoms with E-state index in [0.717, 1.165) is 0 Å². The third kappa shape index (κ3) is 2.81. The summed E-state index contributed by atoms with van der Waals surface area (Å²) >= 11 is 0. The maximum Gasteiger partial charge on any atom is 0.308 e. The summed E-state index contributed by atoms with van der Waals surface area (Å²) in [5.41, 5.74) is 1.61. The minimum Gasteiger partial charge on any atom is -0.466 e. The fraction of sp³-hybridized carbons (Fsp3) is 0.429. The molecule has 1 aliphatic heterocycles. The average Bonchev–Trinajstić information content (AvgIpc) is 2.80. The monoisotopic (exact) mass is 279 g/mol. The molecular formula is C14H17NO5. The van der Waals surface area contributed by atoms with E-state index in [1.807, 2.05) is 0 Å². The molecule has 1 amide bonds. The van der Waals surface area contributed by atoms with Gasteiger partial charge in [0.25, 0.3) is 5.91 Å². The number of aliphatic hydroxyl groups is 2. The molecule has 3 N–H and O–H groups in total. The maximum atomic E-state index is 11.5. The van der Waals surface area contributed by atoms with Gasteiger partial charge in [0.15, 0.2) is 0 Å². The first-order valence-electron chi connectivity index (χ1n) is 6.46. The molecule has 1 aromatic rings. The average molecular weight is 279 g/mol. The summed E-state index contributed by atoms with van der Waals surface area (Å²) in [6, 6.07) is 4.93. The van der Waals surface area contributed by atoms with Gasteiger partial charge < -0.3 is 20.3 Å². The van der Waals surface area contributed by atoms with E-state index in [2.05, 4.69) is 5.32 Å². The lowest BCUT2D eigenvalue weighted by Crippen LogP contribution is -2.24. The topological polar surface area (TPSA) is 95.9 Å². The Bertz CT molecular complexity index is 528. The molecule has 6 heteroatoms. The summed E-state index contributed by atoms with van der Waals surface area (Å²) < 4.78 is 4.73. The second-order valence-electron chi connectivity index (χ2n) is 4.58. The Kier molecular flexibility index (Phi) is 4.36. The van der Waals surface area contributed by atoms with E-state index in [4.69, 9.17) is 4.74 Å². The van der Waals surface area contributed by atoms with Crippen LogP contribution in [-0.4, -0.2) is 34.8 Å². The number of hydrogen-bond donors (Lipinski definition) is 3. The van der Waals surface area contributed by atoms with E-state index in [1.54, 1.807) is 25.1 Å². The summed E-state index contributed by atoms with van der Waals surface area (Å²) in [7, 11) is 0. The number of aliphatic hydroxyl groups excluding tert-OH is 2. The molecule has 108 valence electrons. The third-order valence-corrected chi connectivity index (χ3v) is 3.25. The van der Waals surface area contributed by atoms with E-state index < -0.39 is 18.2 Å². The third-order valence-electron chi connectivity index (χ3n) is 3.25. The van der Waals surface area contributed by atoms with Crippen LogP contribution in [0.15, 0.2) is 18.2 Å². The number of carbonyl (C=O) groups excluding carboxylic acids is 2. The number of nitrogens with one attached hydrogen (secondary N) is 1. The SMILES string of the molecule is CCOC(=O)CC(O)C(O)c1cccc2c1CNC2=O. The molecular weight excluding hydrogens is 262 g/mol. The van der Waals surface area contributed by atoms with Crippen molar-refractivity contribution >= 4 is 11.9 Å². The normalized spacial score (nSPS) is 16.2. The van der Waals surface area contributed by atoms with Crippen LogP contribution in [0.2, 0.25) is 0 Å². The minimum atomic E-state index is -1.27. The number of rotatable bonds is 5. The van der Waals surface area contributed by atoms with Gasteiger partial charge in [-0.25, -0.2) is 0 Å². The largest absolute Gasteiger partial charge is 0.466 e. The second kappa shape index (κ2) is 6.02. The van der Waals surface area contributed by atoms with Crippen molar-refractivity contribution in [3.8, 4) is 0 Å². The zero-order valence-corrected chi connectivity index (χ0v) is 11.1. The van der Waals surface area contributed by atoms with Crippen LogP contribution in [0, 0.1) is 0 Å². The zero-order valence-electron chi connectivity index (χ0n) is 11.1. The Morgan fingerprint density at radius 1 is 1.45 bits per heavy atom. The fourth-order valence-electron chi connectivity index (χ4n) is 2.27. The summed E-state index contributed by atoms with van der Waals surface area (Å²) in [5, 5.41) is 22.7. The molecule has 2 unspecified atom stereocenters. The molecule has 6 nitrogen and oxygen atoms in total. The summed E-state index contributed by atoms with van der Waals surface area (Å²) in [6.07, 6.45) is -2.79. The van der Waals surface area contributed by atoms with Gasteiger partial charge in [0.05, 0.1) is 19.1 Å². The van der Waals surface area contributed by atoms with Crippen molar-refractivity contribution in [3.63, 3.8) is 0 Å². The van der Waals surface area contributed by atoms with Crippen LogP contribution < -0.4 is 5.32 Å². The molecule has 0 aliphatic carbocycles. The van der Waals surface area contributed by atoms with Crippen molar-refractivity contribution in [3.05, 3.63) is 34.9 Å². The molecule has 0 radical (unpaired) electrons. The van der Waals surface area contributed by atoms with Gasteiger partial charge >= 0.3 is 5.97 Å². The Morgan fingerprint density at radius 2 is 2.20 bits per heavy atom. The molecule has 1 heterocycles. The quantitative estimate of drug-likeness (QED) is 0.673. The predicted octanol–water partition coefficient (Wildman–Crippen LogP) is 0.278. The summed E-state index contributed by atoms with van der Waals surface area (Å²) in [5.74, 6) is -0.769. The van der Waals surface area contributed by atoms with Crippen LogP contribution in [0.1, 0.15) is 40.9 Å². The molecule has 0 saturated carbocycles. The van der Waals surface area contributed by atoms with E-state index >= 15 is 0 Å².